The first-order valence-electron chi connectivity index (χ1n) is 7.28. The highest BCUT2D eigenvalue weighted by atomic mass is 32.2. The number of hydrogen-bond donors (Lipinski definition) is 0. The smallest absolute Gasteiger partial charge is 0.184 e. The van der Waals surface area contributed by atoms with E-state index in [-0.39, 0.29) is 12.4 Å². The van der Waals surface area contributed by atoms with E-state index in [4.69, 9.17) is 14.2 Å². The lowest BCUT2D eigenvalue weighted by molar-refractivity contribution is -0.195. The summed E-state index contributed by atoms with van der Waals surface area (Å²) < 4.78 is 17.1. The Kier molecular flexibility index (Phi) is 9.75. The van der Waals surface area contributed by atoms with E-state index in [1.165, 1.54) is 5.56 Å². The lowest BCUT2D eigenvalue weighted by atomic mass is 10.2. The Morgan fingerprint density at radius 1 is 0.900 bits per heavy atom. The molecular formula is C16H26O3S. The molecule has 0 amide bonds. The summed E-state index contributed by atoms with van der Waals surface area (Å²) in [5.74, 6) is 1.85. The highest BCUT2D eigenvalue weighted by molar-refractivity contribution is 7.98. The molecule has 1 aromatic rings. The molecule has 0 aliphatic rings. The fourth-order valence-electron chi connectivity index (χ4n) is 1.88. The van der Waals surface area contributed by atoms with E-state index < -0.39 is 0 Å². The Morgan fingerprint density at radius 3 is 2.05 bits per heavy atom. The van der Waals surface area contributed by atoms with Crippen molar-refractivity contribution in [1.29, 1.82) is 0 Å². The second-order valence-corrected chi connectivity index (χ2v) is 5.30. The fourth-order valence-corrected chi connectivity index (χ4v) is 2.91. The van der Waals surface area contributed by atoms with Gasteiger partial charge in [-0.15, -0.1) is 0 Å². The van der Waals surface area contributed by atoms with Crippen LogP contribution < -0.4 is 0 Å². The zero-order chi connectivity index (χ0) is 14.6. The maximum atomic E-state index is 5.78. The second kappa shape index (κ2) is 11.1. The minimum Gasteiger partial charge on any atom is -0.372 e. The number of ether oxygens (including phenoxy) is 3. The van der Waals surface area contributed by atoms with Crippen molar-refractivity contribution in [2.45, 2.75) is 38.9 Å². The summed E-state index contributed by atoms with van der Waals surface area (Å²) in [4.78, 5) is 0. The number of benzene rings is 1. The maximum Gasteiger partial charge on any atom is 0.184 e. The molecule has 0 fully saturated rings. The van der Waals surface area contributed by atoms with Crippen LogP contribution in [0, 0.1) is 0 Å². The van der Waals surface area contributed by atoms with Gasteiger partial charge in [-0.1, -0.05) is 30.3 Å². The summed E-state index contributed by atoms with van der Waals surface area (Å²) in [5, 5.41) is 0. The lowest BCUT2D eigenvalue weighted by Gasteiger charge is -2.26. The first-order chi connectivity index (χ1) is 9.81. The van der Waals surface area contributed by atoms with Crippen LogP contribution in [-0.2, 0) is 20.0 Å². The molecule has 0 aromatic heterocycles. The molecule has 0 radical (unpaired) electrons. The summed E-state index contributed by atoms with van der Waals surface area (Å²) in [6.45, 7) is 7.91. The van der Waals surface area contributed by atoms with E-state index >= 15 is 0 Å². The molecule has 0 aliphatic carbocycles. The van der Waals surface area contributed by atoms with Crippen LogP contribution in [0.1, 0.15) is 26.3 Å². The molecule has 114 valence electrons. The van der Waals surface area contributed by atoms with Gasteiger partial charge in [0.15, 0.2) is 6.29 Å². The van der Waals surface area contributed by atoms with Crippen LogP contribution in [0.2, 0.25) is 0 Å². The van der Waals surface area contributed by atoms with Gasteiger partial charge in [0, 0.05) is 31.3 Å². The van der Waals surface area contributed by atoms with Crippen molar-refractivity contribution in [3.05, 3.63) is 35.9 Å². The largest absolute Gasteiger partial charge is 0.372 e. The molecule has 3 nitrogen and oxygen atoms in total. The molecule has 0 spiro atoms. The molecule has 0 saturated carbocycles. The van der Waals surface area contributed by atoms with Crippen molar-refractivity contribution in [3.63, 3.8) is 0 Å². The van der Waals surface area contributed by atoms with E-state index in [0.29, 0.717) is 19.8 Å². The molecule has 1 rings (SSSR count). The molecule has 0 heterocycles. The lowest BCUT2D eigenvalue weighted by Crippen LogP contribution is -2.36. The molecule has 0 bridgehead atoms. The van der Waals surface area contributed by atoms with Crippen LogP contribution in [0.3, 0.4) is 0 Å². The average Bonchev–Trinajstić information content (AvgIpc) is 2.47. The molecule has 1 atom stereocenters. The summed E-state index contributed by atoms with van der Waals surface area (Å²) in [7, 11) is 0. The Morgan fingerprint density at radius 2 is 1.50 bits per heavy atom. The van der Waals surface area contributed by atoms with Crippen LogP contribution >= 0.6 is 11.8 Å². The first kappa shape index (κ1) is 17.5. The van der Waals surface area contributed by atoms with Crippen LogP contribution in [0.25, 0.3) is 0 Å². The Hall–Kier alpha value is -0.550. The monoisotopic (exact) mass is 298 g/mol. The quantitative estimate of drug-likeness (QED) is 0.582. The van der Waals surface area contributed by atoms with E-state index in [1.807, 2.05) is 38.6 Å². The van der Waals surface area contributed by atoms with Crippen molar-refractivity contribution in [3.8, 4) is 0 Å². The van der Waals surface area contributed by atoms with Crippen molar-refractivity contribution in [2.75, 3.05) is 25.6 Å². The van der Waals surface area contributed by atoms with Gasteiger partial charge in [0.25, 0.3) is 0 Å². The first-order valence-corrected chi connectivity index (χ1v) is 8.43. The molecule has 0 N–H and O–H groups in total. The van der Waals surface area contributed by atoms with Crippen LogP contribution in [0.4, 0.5) is 0 Å². The third-order valence-corrected chi connectivity index (χ3v) is 3.84. The van der Waals surface area contributed by atoms with Crippen LogP contribution in [-0.4, -0.2) is 38.0 Å². The normalized spacial score (nSPS) is 12.8. The third-order valence-electron chi connectivity index (χ3n) is 2.74. The number of hydrogen-bond acceptors (Lipinski definition) is 4. The van der Waals surface area contributed by atoms with Gasteiger partial charge < -0.3 is 14.2 Å². The molecule has 0 saturated heterocycles. The van der Waals surface area contributed by atoms with Gasteiger partial charge in [-0.05, 0) is 26.3 Å². The van der Waals surface area contributed by atoms with Crippen molar-refractivity contribution < 1.29 is 14.2 Å². The molecule has 0 aliphatic heterocycles. The standard InChI is InChI=1S/C16H26O3S/c1-4-17-15(16(18-5-2)19-6-3)13-20-12-14-10-8-7-9-11-14/h7-11,15-16H,4-6,12-13H2,1-3H3. The van der Waals surface area contributed by atoms with Gasteiger partial charge in [0.1, 0.15) is 6.10 Å². The Labute approximate surface area is 127 Å². The number of thioether (sulfide) groups is 1. The maximum absolute atomic E-state index is 5.78. The van der Waals surface area contributed by atoms with Gasteiger partial charge in [0.2, 0.25) is 0 Å². The van der Waals surface area contributed by atoms with E-state index in [1.54, 1.807) is 0 Å². The molecule has 1 unspecified atom stereocenters. The minimum absolute atomic E-state index is 0.0198. The summed E-state index contributed by atoms with van der Waals surface area (Å²) in [6, 6.07) is 10.5. The van der Waals surface area contributed by atoms with Crippen molar-refractivity contribution >= 4 is 11.8 Å². The highest BCUT2D eigenvalue weighted by Gasteiger charge is 2.22. The third kappa shape index (κ3) is 6.75. The van der Waals surface area contributed by atoms with E-state index in [2.05, 4.69) is 24.3 Å². The van der Waals surface area contributed by atoms with Gasteiger partial charge in [-0.2, -0.15) is 11.8 Å². The van der Waals surface area contributed by atoms with Crippen molar-refractivity contribution in [2.24, 2.45) is 0 Å². The SMILES string of the molecule is CCOC(CSCc1ccccc1)C(OCC)OCC. The molecule has 1 aromatic carbocycles. The Balaban J connectivity index is 2.44. The molecular weight excluding hydrogens is 272 g/mol. The van der Waals surface area contributed by atoms with E-state index in [0.717, 1.165) is 11.5 Å². The van der Waals surface area contributed by atoms with Gasteiger partial charge >= 0.3 is 0 Å². The summed E-state index contributed by atoms with van der Waals surface area (Å²) >= 11 is 1.85. The van der Waals surface area contributed by atoms with E-state index in [9.17, 15) is 0 Å². The predicted molar refractivity (Wildman–Crippen MR) is 85.1 cm³/mol. The second-order valence-electron chi connectivity index (χ2n) is 4.27. The zero-order valence-corrected chi connectivity index (χ0v) is 13.5. The molecule has 4 heteroatoms. The predicted octanol–water partition coefficient (Wildman–Crippen LogP) is 3.72. The summed E-state index contributed by atoms with van der Waals surface area (Å²) in [5.41, 5.74) is 1.33. The topological polar surface area (TPSA) is 27.7 Å². The van der Waals surface area contributed by atoms with Gasteiger partial charge in [0.05, 0.1) is 0 Å². The number of rotatable bonds is 11. The van der Waals surface area contributed by atoms with Crippen LogP contribution in [0.15, 0.2) is 30.3 Å². The van der Waals surface area contributed by atoms with Gasteiger partial charge in [-0.25, -0.2) is 0 Å². The van der Waals surface area contributed by atoms with Crippen LogP contribution in [0.5, 0.6) is 0 Å². The molecule has 20 heavy (non-hydrogen) atoms. The van der Waals surface area contributed by atoms with Crippen molar-refractivity contribution in [1.82, 2.24) is 0 Å². The summed E-state index contributed by atoms with van der Waals surface area (Å²) in [6.07, 6.45) is -0.290. The minimum atomic E-state index is -0.270. The van der Waals surface area contributed by atoms with Gasteiger partial charge in [-0.3, -0.25) is 0 Å². The Bertz CT molecular complexity index is 326. The highest BCUT2D eigenvalue weighted by Crippen LogP contribution is 2.17. The zero-order valence-electron chi connectivity index (χ0n) is 12.7. The average molecular weight is 298 g/mol. The fraction of sp³-hybridized carbons (Fsp3) is 0.625.